The van der Waals surface area contributed by atoms with Crippen LogP contribution in [0.15, 0.2) is 57.5 Å². The molecule has 1 fully saturated rings. The van der Waals surface area contributed by atoms with E-state index in [9.17, 15) is 18.0 Å². The van der Waals surface area contributed by atoms with Crippen LogP contribution in [-0.2, 0) is 21.4 Å². The van der Waals surface area contributed by atoms with E-state index in [0.29, 0.717) is 43.4 Å². The molecule has 0 radical (unpaired) electrons. The Labute approximate surface area is 172 Å². The van der Waals surface area contributed by atoms with Gasteiger partial charge in [-0.05, 0) is 53.9 Å². The van der Waals surface area contributed by atoms with Gasteiger partial charge in [-0.15, -0.1) is 11.3 Å². The van der Waals surface area contributed by atoms with Gasteiger partial charge in [0, 0.05) is 35.5 Å². The Morgan fingerprint density at radius 2 is 1.97 bits per heavy atom. The molecule has 152 valence electrons. The van der Waals surface area contributed by atoms with E-state index in [2.05, 4.69) is 10.3 Å². The summed E-state index contributed by atoms with van der Waals surface area (Å²) in [6, 6.07) is 11.6. The van der Waals surface area contributed by atoms with Crippen molar-refractivity contribution in [2.24, 2.45) is 5.92 Å². The number of rotatable bonds is 5. The van der Waals surface area contributed by atoms with Gasteiger partial charge in [0.25, 0.3) is 0 Å². The average molecular weight is 432 g/mol. The molecule has 1 aliphatic heterocycles. The number of piperidine rings is 1. The number of hydrogen-bond acceptors (Lipinski definition) is 5. The maximum Gasteiger partial charge on any atom is 0.248 e. The predicted octanol–water partition coefficient (Wildman–Crippen LogP) is 2.31. The summed E-state index contributed by atoms with van der Waals surface area (Å²) in [7, 11) is -3.65. The second-order valence-electron chi connectivity index (χ2n) is 7.05. The fraction of sp³-hybridized carbons (Fsp3) is 0.300. The van der Waals surface area contributed by atoms with Crippen molar-refractivity contribution >= 4 is 38.2 Å². The second-order valence-corrected chi connectivity index (χ2v) is 10.0. The zero-order chi connectivity index (χ0) is 20.4. The number of H-pyrrole nitrogens is 1. The normalized spacial score (nSPS) is 16.1. The highest BCUT2D eigenvalue weighted by Crippen LogP contribution is 2.25. The Bertz CT molecular complexity index is 1180. The number of nitrogens with zero attached hydrogens (tertiary/aromatic N) is 1. The molecular weight excluding hydrogens is 410 g/mol. The van der Waals surface area contributed by atoms with Crippen molar-refractivity contribution in [1.29, 1.82) is 0 Å². The number of carbonyl (C=O) groups excluding carboxylic acids is 1. The van der Waals surface area contributed by atoms with Gasteiger partial charge in [-0.3, -0.25) is 9.59 Å². The van der Waals surface area contributed by atoms with Crippen molar-refractivity contribution in [1.82, 2.24) is 14.6 Å². The minimum absolute atomic E-state index is 0.0230. The molecule has 2 aromatic heterocycles. The van der Waals surface area contributed by atoms with E-state index in [0.717, 1.165) is 4.88 Å². The van der Waals surface area contributed by atoms with Crippen molar-refractivity contribution in [3.05, 3.63) is 63.1 Å². The summed E-state index contributed by atoms with van der Waals surface area (Å²) in [4.78, 5) is 27.8. The molecule has 2 N–H and O–H groups in total. The Kier molecular flexibility index (Phi) is 5.53. The number of nitrogens with one attached hydrogen (secondary N) is 2. The van der Waals surface area contributed by atoms with Crippen molar-refractivity contribution < 1.29 is 13.2 Å². The van der Waals surface area contributed by atoms with Crippen LogP contribution in [0.2, 0.25) is 0 Å². The third-order valence-electron chi connectivity index (χ3n) is 5.17. The lowest BCUT2D eigenvalue weighted by atomic mass is 9.97. The highest BCUT2D eigenvalue weighted by Gasteiger charge is 2.32. The molecule has 9 heteroatoms. The molecule has 1 aromatic carbocycles. The Morgan fingerprint density at radius 1 is 1.17 bits per heavy atom. The van der Waals surface area contributed by atoms with Gasteiger partial charge >= 0.3 is 0 Å². The molecule has 1 amide bonds. The first-order chi connectivity index (χ1) is 13.9. The molecule has 0 spiro atoms. The number of thiophene rings is 1. The summed E-state index contributed by atoms with van der Waals surface area (Å²) in [6.07, 6.45) is 0.993. The zero-order valence-corrected chi connectivity index (χ0v) is 17.3. The molecule has 7 nitrogen and oxygen atoms in total. The molecule has 3 aromatic rings. The quantitative estimate of drug-likeness (QED) is 0.648. The molecule has 0 aliphatic carbocycles. The van der Waals surface area contributed by atoms with E-state index in [-0.39, 0.29) is 22.3 Å². The minimum Gasteiger partial charge on any atom is -0.351 e. The summed E-state index contributed by atoms with van der Waals surface area (Å²) >= 11 is 1.59. The van der Waals surface area contributed by atoms with Crippen LogP contribution in [0.3, 0.4) is 0 Å². The highest BCUT2D eigenvalue weighted by atomic mass is 32.2. The number of aromatic amines is 1. The SMILES string of the molecule is O=C(NCc1cccs1)C1CCN(S(=O)(=O)c2ccc3[nH]c(=O)ccc3c2)CC1. The number of fused-ring (bicyclic) bond motifs is 1. The topological polar surface area (TPSA) is 99.3 Å². The van der Waals surface area contributed by atoms with Gasteiger partial charge in [0.05, 0.1) is 11.4 Å². The Balaban J connectivity index is 1.41. The van der Waals surface area contributed by atoms with Crippen LogP contribution in [0, 0.1) is 5.92 Å². The minimum atomic E-state index is -3.65. The number of pyridine rings is 1. The fourth-order valence-electron chi connectivity index (χ4n) is 3.53. The van der Waals surface area contributed by atoms with Crippen molar-refractivity contribution in [2.75, 3.05) is 13.1 Å². The van der Waals surface area contributed by atoms with E-state index in [4.69, 9.17) is 0 Å². The molecule has 0 saturated carbocycles. The number of hydrogen-bond donors (Lipinski definition) is 2. The van der Waals surface area contributed by atoms with E-state index >= 15 is 0 Å². The summed E-state index contributed by atoms with van der Waals surface area (Å²) in [5.41, 5.74) is 0.366. The van der Waals surface area contributed by atoms with Crippen LogP contribution < -0.4 is 10.9 Å². The fourth-order valence-corrected chi connectivity index (χ4v) is 5.68. The van der Waals surface area contributed by atoms with Crippen molar-refractivity contribution in [3.8, 4) is 0 Å². The van der Waals surface area contributed by atoms with Gasteiger partial charge in [-0.25, -0.2) is 8.42 Å². The molecule has 3 heterocycles. The van der Waals surface area contributed by atoms with Gasteiger partial charge in [0.15, 0.2) is 0 Å². The monoisotopic (exact) mass is 431 g/mol. The van der Waals surface area contributed by atoms with Gasteiger partial charge < -0.3 is 10.3 Å². The molecule has 4 rings (SSSR count). The number of benzene rings is 1. The first kappa shape index (κ1) is 19.8. The molecular formula is C20H21N3O4S2. The summed E-state index contributed by atoms with van der Waals surface area (Å²) in [5.74, 6) is -0.201. The van der Waals surface area contributed by atoms with Gasteiger partial charge in [0.1, 0.15) is 0 Å². The zero-order valence-electron chi connectivity index (χ0n) is 15.6. The number of carbonyl (C=O) groups is 1. The highest BCUT2D eigenvalue weighted by molar-refractivity contribution is 7.89. The number of sulfonamides is 1. The Hall–Kier alpha value is -2.49. The summed E-state index contributed by atoms with van der Waals surface area (Å²) < 4.78 is 27.5. The van der Waals surface area contributed by atoms with Crippen LogP contribution in [0.1, 0.15) is 17.7 Å². The lowest BCUT2D eigenvalue weighted by molar-refractivity contribution is -0.126. The standard InChI is InChI=1S/C20H21N3O4S2/c24-19-6-3-15-12-17(4-5-18(15)22-19)29(26,27)23-9-7-14(8-10-23)20(25)21-13-16-2-1-11-28-16/h1-6,11-12,14H,7-10,13H2,(H,21,25)(H,22,24). The van der Waals surface area contributed by atoms with E-state index in [1.165, 1.54) is 16.4 Å². The molecule has 1 saturated heterocycles. The van der Waals surface area contributed by atoms with Crippen LogP contribution >= 0.6 is 11.3 Å². The summed E-state index contributed by atoms with van der Waals surface area (Å²) in [5, 5.41) is 5.57. The molecule has 29 heavy (non-hydrogen) atoms. The number of amides is 1. The van der Waals surface area contributed by atoms with Gasteiger partial charge in [-0.1, -0.05) is 6.07 Å². The third kappa shape index (κ3) is 4.26. The molecule has 1 aliphatic rings. The maximum absolute atomic E-state index is 13.0. The largest absolute Gasteiger partial charge is 0.351 e. The molecule has 0 atom stereocenters. The van der Waals surface area contributed by atoms with Crippen LogP contribution in [0.4, 0.5) is 0 Å². The van der Waals surface area contributed by atoms with Crippen LogP contribution in [0.5, 0.6) is 0 Å². The predicted molar refractivity (Wildman–Crippen MR) is 112 cm³/mol. The van der Waals surface area contributed by atoms with Gasteiger partial charge in [-0.2, -0.15) is 4.31 Å². The van der Waals surface area contributed by atoms with E-state index in [1.807, 2.05) is 17.5 Å². The van der Waals surface area contributed by atoms with E-state index in [1.54, 1.807) is 29.5 Å². The van der Waals surface area contributed by atoms with Crippen molar-refractivity contribution in [2.45, 2.75) is 24.3 Å². The average Bonchev–Trinajstić information content (AvgIpc) is 3.25. The summed E-state index contributed by atoms with van der Waals surface area (Å²) in [6.45, 7) is 1.13. The molecule has 0 bridgehead atoms. The third-order valence-corrected chi connectivity index (χ3v) is 7.95. The van der Waals surface area contributed by atoms with Gasteiger partial charge in [0.2, 0.25) is 21.5 Å². The lowest BCUT2D eigenvalue weighted by Gasteiger charge is -2.30. The van der Waals surface area contributed by atoms with Crippen LogP contribution in [-0.4, -0.2) is 36.7 Å². The smallest absolute Gasteiger partial charge is 0.248 e. The molecule has 0 unspecified atom stereocenters. The Morgan fingerprint density at radius 3 is 2.69 bits per heavy atom. The number of aromatic nitrogens is 1. The van der Waals surface area contributed by atoms with Crippen molar-refractivity contribution in [3.63, 3.8) is 0 Å². The van der Waals surface area contributed by atoms with Crippen LogP contribution in [0.25, 0.3) is 10.9 Å². The maximum atomic E-state index is 13.0. The van der Waals surface area contributed by atoms with E-state index < -0.39 is 10.0 Å². The second kappa shape index (κ2) is 8.10. The first-order valence-electron chi connectivity index (χ1n) is 9.37. The first-order valence-corrected chi connectivity index (χ1v) is 11.7. The lowest BCUT2D eigenvalue weighted by Crippen LogP contribution is -2.42.